The Hall–Kier alpha value is -3.10. The van der Waals surface area contributed by atoms with Crippen LogP contribution in [0.2, 0.25) is 0 Å². The third-order valence-corrected chi connectivity index (χ3v) is 9.03. The van der Waals surface area contributed by atoms with Crippen LogP contribution in [0.1, 0.15) is 52.9 Å². The Balaban J connectivity index is 1.56. The summed E-state index contributed by atoms with van der Waals surface area (Å²) < 4.78 is 27.3. The van der Waals surface area contributed by atoms with Crippen LogP contribution in [0.15, 0.2) is 35.5 Å². The Morgan fingerprint density at radius 3 is 2.48 bits per heavy atom. The van der Waals surface area contributed by atoms with Crippen molar-refractivity contribution in [2.24, 2.45) is 11.3 Å². The average Bonchev–Trinajstić information content (AvgIpc) is 3.09. The lowest BCUT2D eigenvalue weighted by Crippen LogP contribution is -2.65. The molecule has 2 aliphatic heterocycles. The smallest absolute Gasteiger partial charge is 0.336 e. The predicted molar refractivity (Wildman–Crippen MR) is 141 cm³/mol. The molecule has 0 amide bonds. The number of aliphatic hydroxyl groups excluding tert-OH is 4. The molecule has 4 aliphatic rings. The van der Waals surface area contributed by atoms with E-state index in [1.165, 1.54) is 33.1 Å². The Morgan fingerprint density at radius 1 is 1.12 bits per heavy atom. The molecule has 0 spiro atoms. The van der Waals surface area contributed by atoms with E-state index in [0.29, 0.717) is 18.4 Å². The van der Waals surface area contributed by atoms with Crippen molar-refractivity contribution in [2.75, 3.05) is 13.7 Å². The zero-order valence-electron chi connectivity index (χ0n) is 24.0. The summed E-state index contributed by atoms with van der Waals surface area (Å²) in [6.07, 6.45) is -0.247. The van der Waals surface area contributed by atoms with Crippen LogP contribution in [-0.4, -0.2) is 99.9 Å². The minimum Gasteiger partial charge on any atom is -0.466 e. The minimum atomic E-state index is -1.75. The van der Waals surface area contributed by atoms with E-state index < -0.39 is 83.7 Å². The molecule has 0 aromatic heterocycles. The predicted octanol–water partition coefficient (Wildman–Crippen LogP) is 0.129. The number of allylic oxidation sites excluding steroid dienone is 3. The van der Waals surface area contributed by atoms with Crippen LogP contribution in [0.4, 0.5) is 0 Å². The second-order valence-electron chi connectivity index (χ2n) is 11.5. The summed E-state index contributed by atoms with van der Waals surface area (Å²) >= 11 is 0. The summed E-state index contributed by atoms with van der Waals surface area (Å²) in [6.45, 7) is 3.73. The third kappa shape index (κ3) is 5.28. The Bertz CT molecular complexity index is 1200. The monoisotopic (exact) mass is 594 g/mol. The maximum absolute atomic E-state index is 13.7. The number of ether oxygens (including phenoxy) is 5. The van der Waals surface area contributed by atoms with Gasteiger partial charge in [0, 0.05) is 24.0 Å². The maximum Gasteiger partial charge on any atom is 0.336 e. The van der Waals surface area contributed by atoms with Gasteiger partial charge < -0.3 is 44.1 Å². The number of methoxy groups -OCH3 is 1. The summed E-state index contributed by atoms with van der Waals surface area (Å²) in [5, 5.41) is 39.3. The quantitative estimate of drug-likeness (QED) is 0.135. The number of carbonyl (C=O) groups is 4. The van der Waals surface area contributed by atoms with Gasteiger partial charge in [0.1, 0.15) is 41.0 Å². The van der Waals surface area contributed by atoms with Gasteiger partial charge in [-0.15, -0.1) is 0 Å². The molecular weight excluding hydrogens is 556 g/mol. The summed E-state index contributed by atoms with van der Waals surface area (Å²) in [6, 6.07) is 0. The van der Waals surface area contributed by atoms with Gasteiger partial charge >= 0.3 is 23.9 Å². The van der Waals surface area contributed by atoms with Crippen molar-refractivity contribution in [3.63, 3.8) is 0 Å². The molecule has 0 aromatic rings. The number of rotatable bonds is 7. The Kier molecular flexibility index (Phi) is 9.00. The lowest BCUT2D eigenvalue weighted by Gasteiger charge is -2.54. The fourth-order valence-electron chi connectivity index (χ4n) is 6.81. The first kappa shape index (κ1) is 31.8. The van der Waals surface area contributed by atoms with E-state index in [9.17, 15) is 39.6 Å². The molecule has 2 saturated heterocycles. The van der Waals surface area contributed by atoms with Gasteiger partial charge in [0.2, 0.25) is 6.29 Å². The largest absolute Gasteiger partial charge is 0.466 e. The highest BCUT2D eigenvalue weighted by molar-refractivity contribution is 5.90. The molecule has 232 valence electrons. The van der Waals surface area contributed by atoms with E-state index in [-0.39, 0.29) is 24.8 Å². The average molecular weight is 595 g/mol. The van der Waals surface area contributed by atoms with Crippen LogP contribution in [0, 0.1) is 11.3 Å². The summed E-state index contributed by atoms with van der Waals surface area (Å²) in [4.78, 5) is 51.1. The van der Waals surface area contributed by atoms with E-state index in [4.69, 9.17) is 23.7 Å². The third-order valence-electron chi connectivity index (χ3n) is 9.03. The van der Waals surface area contributed by atoms with Gasteiger partial charge in [-0.05, 0) is 52.0 Å². The minimum absolute atomic E-state index is 0.0609. The number of hydrogen-bond donors (Lipinski definition) is 4. The van der Waals surface area contributed by atoms with Crippen molar-refractivity contribution < 1.29 is 63.3 Å². The number of esters is 4. The highest BCUT2D eigenvalue weighted by atomic mass is 16.7. The van der Waals surface area contributed by atoms with Crippen LogP contribution in [0.3, 0.4) is 0 Å². The van der Waals surface area contributed by atoms with Crippen LogP contribution in [-0.2, 0) is 42.9 Å². The first-order valence-electron chi connectivity index (χ1n) is 13.8. The molecule has 3 fully saturated rings. The lowest BCUT2D eigenvalue weighted by atomic mass is 9.62. The SMILES string of the molecule is COC(=O)C1=CC[C@@]23CC[C@@H]([C@@](C)(C=CC=C(C)C(=O)O[C@@H]4O[C@H](CO)[C@@H](O)[C@H](O)[C@H]4O)OC2=O)[C@@]3(OC(C)=O)CC1. The van der Waals surface area contributed by atoms with Crippen LogP contribution >= 0.6 is 0 Å². The second-order valence-corrected chi connectivity index (χ2v) is 11.5. The normalized spacial score (nSPS) is 40.0. The molecule has 1 saturated carbocycles. The van der Waals surface area contributed by atoms with Gasteiger partial charge in [0.05, 0.1) is 13.7 Å². The molecule has 2 heterocycles. The van der Waals surface area contributed by atoms with E-state index in [0.717, 1.165) is 0 Å². The summed E-state index contributed by atoms with van der Waals surface area (Å²) in [5.41, 5.74) is -3.17. The van der Waals surface area contributed by atoms with Gasteiger partial charge in [-0.3, -0.25) is 9.59 Å². The summed E-state index contributed by atoms with van der Waals surface area (Å²) in [7, 11) is 1.28. The van der Waals surface area contributed by atoms with Crippen molar-refractivity contribution in [1.29, 1.82) is 0 Å². The second kappa shape index (κ2) is 11.9. The number of aliphatic hydroxyl groups is 4. The topological polar surface area (TPSA) is 195 Å². The Morgan fingerprint density at radius 2 is 1.83 bits per heavy atom. The molecular formula is C29H38O13. The van der Waals surface area contributed by atoms with Gasteiger partial charge in [0.25, 0.3) is 0 Å². The molecule has 9 atom stereocenters. The van der Waals surface area contributed by atoms with Gasteiger partial charge in [-0.2, -0.15) is 0 Å². The van der Waals surface area contributed by atoms with Crippen molar-refractivity contribution in [1.82, 2.24) is 0 Å². The highest BCUT2D eigenvalue weighted by Gasteiger charge is 2.74. The standard InChI is InChI=1S/C29H38O13/c1-15(23(35)40-25-22(34)21(33)20(32)18(14-30)39-25)6-5-10-27(3)19-9-12-28(26(37)42-27)11-7-17(24(36)38-4)8-13-29(19,28)41-16(2)31/h5-7,10,18-22,25,30,32-34H,8-9,11-14H2,1-4H3/t18-,19+,20-,21+,22-,25+,27-,28-,29+/m1/s1. The molecule has 2 aliphatic carbocycles. The summed E-state index contributed by atoms with van der Waals surface area (Å²) in [5.74, 6) is -2.97. The van der Waals surface area contributed by atoms with Gasteiger partial charge in [-0.25, -0.2) is 9.59 Å². The Labute approximate surface area is 242 Å². The van der Waals surface area contributed by atoms with E-state index >= 15 is 0 Å². The van der Waals surface area contributed by atoms with E-state index in [2.05, 4.69) is 0 Å². The van der Waals surface area contributed by atoms with Crippen LogP contribution in [0.25, 0.3) is 0 Å². The van der Waals surface area contributed by atoms with E-state index in [1.807, 2.05) is 0 Å². The molecule has 42 heavy (non-hydrogen) atoms. The van der Waals surface area contributed by atoms with Gasteiger partial charge in [0.15, 0.2) is 0 Å². The molecule has 0 aromatic carbocycles. The number of carbonyl (C=O) groups excluding carboxylic acids is 4. The number of cyclic esters (lactones) is 1. The van der Waals surface area contributed by atoms with Crippen molar-refractivity contribution in [3.05, 3.63) is 35.5 Å². The van der Waals surface area contributed by atoms with E-state index in [1.54, 1.807) is 19.1 Å². The zero-order valence-corrected chi connectivity index (χ0v) is 24.0. The molecule has 2 bridgehead atoms. The zero-order chi connectivity index (χ0) is 31.0. The molecule has 0 radical (unpaired) electrons. The molecule has 13 nitrogen and oxygen atoms in total. The number of hydrogen-bond acceptors (Lipinski definition) is 13. The fraction of sp³-hybridized carbons (Fsp3) is 0.655. The van der Waals surface area contributed by atoms with Crippen LogP contribution in [0.5, 0.6) is 0 Å². The first-order valence-corrected chi connectivity index (χ1v) is 13.8. The molecule has 13 heteroatoms. The molecule has 4 rings (SSSR count). The molecule has 4 N–H and O–H groups in total. The molecule has 0 unspecified atom stereocenters. The highest BCUT2D eigenvalue weighted by Crippen LogP contribution is 2.65. The van der Waals surface area contributed by atoms with Gasteiger partial charge in [-0.1, -0.05) is 18.2 Å². The van der Waals surface area contributed by atoms with Crippen molar-refractivity contribution in [3.8, 4) is 0 Å². The van der Waals surface area contributed by atoms with Crippen LogP contribution < -0.4 is 0 Å². The maximum atomic E-state index is 13.7. The fourth-order valence-corrected chi connectivity index (χ4v) is 6.81. The first-order chi connectivity index (χ1) is 19.7. The lowest BCUT2D eigenvalue weighted by molar-refractivity contribution is -0.291. The van der Waals surface area contributed by atoms with Crippen molar-refractivity contribution >= 4 is 23.9 Å². The van der Waals surface area contributed by atoms with Crippen molar-refractivity contribution in [2.45, 2.75) is 94.8 Å².